The molecule has 1 fully saturated rings. The van der Waals surface area contributed by atoms with E-state index < -0.39 is 10.0 Å². The summed E-state index contributed by atoms with van der Waals surface area (Å²) in [5, 5.41) is 8.89. The minimum Gasteiger partial charge on any atom is -0.398 e. The van der Waals surface area contributed by atoms with Crippen LogP contribution in [-0.4, -0.2) is 62.1 Å². The number of hydrogen-bond acceptors (Lipinski definition) is 5. The molecule has 0 amide bonds. The van der Waals surface area contributed by atoms with Gasteiger partial charge in [0.2, 0.25) is 10.0 Å². The average Bonchev–Trinajstić information content (AvgIpc) is 2.42. The van der Waals surface area contributed by atoms with Gasteiger partial charge in [-0.05, 0) is 18.2 Å². The third-order valence-electron chi connectivity index (χ3n) is 3.34. The Morgan fingerprint density at radius 2 is 1.90 bits per heavy atom. The zero-order valence-corrected chi connectivity index (χ0v) is 13.4. The molecule has 0 aromatic heterocycles. The number of halogens is 1. The molecule has 0 saturated carbocycles. The molecule has 1 aromatic rings. The summed E-state index contributed by atoms with van der Waals surface area (Å²) >= 11 is 3.27. The van der Waals surface area contributed by atoms with Crippen molar-refractivity contribution in [3.05, 3.63) is 22.7 Å². The SMILES string of the molecule is Nc1ccc(Br)cc1S(=O)(=O)N1CCN(CCO)CC1. The Labute approximate surface area is 127 Å². The van der Waals surface area contributed by atoms with Crippen molar-refractivity contribution in [2.45, 2.75) is 4.90 Å². The molecule has 0 unspecified atom stereocenters. The number of sulfonamides is 1. The van der Waals surface area contributed by atoms with Crippen LogP contribution in [0.2, 0.25) is 0 Å². The van der Waals surface area contributed by atoms with Crippen LogP contribution < -0.4 is 5.73 Å². The van der Waals surface area contributed by atoms with Gasteiger partial charge in [0.05, 0.1) is 12.3 Å². The van der Waals surface area contributed by atoms with Crippen molar-refractivity contribution in [2.24, 2.45) is 0 Å². The molecule has 8 heteroatoms. The summed E-state index contributed by atoms with van der Waals surface area (Å²) in [6.07, 6.45) is 0. The van der Waals surface area contributed by atoms with Gasteiger partial charge < -0.3 is 10.8 Å². The van der Waals surface area contributed by atoms with E-state index in [4.69, 9.17) is 10.8 Å². The van der Waals surface area contributed by atoms with Gasteiger partial charge in [0.1, 0.15) is 4.90 Å². The second kappa shape index (κ2) is 6.40. The van der Waals surface area contributed by atoms with Crippen LogP contribution in [-0.2, 0) is 10.0 Å². The highest BCUT2D eigenvalue weighted by atomic mass is 79.9. The number of hydrogen-bond donors (Lipinski definition) is 2. The van der Waals surface area contributed by atoms with Crippen molar-refractivity contribution in [2.75, 3.05) is 45.1 Å². The first kappa shape index (κ1) is 15.7. The van der Waals surface area contributed by atoms with E-state index in [0.717, 1.165) is 0 Å². The van der Waals surface area contributed by atoms with Gasteiger partial charge in [-0.1, -0.05) is 15.9 Å². The van der Waals surface area contributed by atoms with Crippen LogP contribution >= 0.6 is 15.9 Å². The first-order valence-corrected chi connectivity index (χ1v) is 8.57. The Morgan fingerprint density at radius 1 is 1.25 bits per heavy atom. The number of nitrogens with two attached hydrogens (primary N) is 1. The molecular formula is C12H18BrN3O3S. The highest BCUT2D eigenvalue weighted by Crippen LogP contribution is 2.26. The van der Waals surface area contributed by atoms with Gasteiger partial charge in [-0.15, -0.1) is 0 Å². The quantitative estimate of drug-likeness (QED) is 0.752. The molecule has 1 aliphatic heterocycles. The Morgan fingerprint density at radius 3 is 2.50 bits per heavy atom. The fraction of sp³-hybridized carbons (Fsp3) is 0.500. The largest absolute Gasteiger partial charge is 0.398 e. The van der Waals surface area contributed by atoms with E-state index in [9.17, 15) is 8.42 Å². The van der Waals surface area contributed by atoms with Gasteiger partial charge in [-0.3, -0.25) is 4.90 Å². The van der Waals surface area contributed by atoms with Crippen LogP contribution in [0, 0.1) is 0 Å². The summed E-state index contributed by atoms with van der Waals surface area (Å²) in [4.78, 5) is 2.18. The molecule has 6 nitrogen and oxygen atoms in total. The molecule has 1 aromatic carbocycles. The number of anilines is 1. The van der Waals surface area contributed by atoms with E-state index >= 15 is 0 Å². The van der Waals surface area contributed by atoms with Gasteiger partial charge in [0.25, 0.3) is 0 Å². The minimum absolute atomic E-state index is 0.0886. The third-order valence-corrected chi connectivity index (χ3v) is 5.79. The molecule has 1 aliphatic rings. The lowest BCUT2D eigenvalue weighted by atomic mass is 10.3. The summed E-state index contributed by atoms with van der Waals surface area (Å²) in [6, 6.07) is 4.83. The minimum atomic E-state index is -3.56. The fourth-order valence-electron chi connectivity index (χ4n) is 2.21. The first-order chi connectivity index (χ1) is 9.45. The maximum Gasteiger partial charge on any atom is 0.245 e. The number of nitrogens with zero attached hydrogens (tertiary/aromatic N) is 2. The van der Waals surface area contributed by atoms with Crippen LogP contribution in [0.1, 0.15) is 0 Å². The number of aliphatic hydroxyl groups is 1. The molecule has 20 heavy (non-hydrogen) atoms. The number of rotatable bonds is 4. The van der Waals surface area contributed by atoms with Crippen molar-refractivity contribution in [1.29, 1.82) is 0 Å². The van der Waals surface area contributed by atoms with E-state index in [1.54, 1.807) is 12.1 Å². The first-order valence-electron chi connectivity index (χ1n) is 6.33. The van der Waals surface area contributed by atoms with E-state index in [1.165, 1.54) is 10.4 Å². The normalized spacial score (nSPS) is 18.3. The van der Waals surface area contributed by atoms with E-state index in [1.807, 2.05) is 4.90 Å². The van der Waals surface area contributed by atoms with Crippen LogP contribution in [0.3, 0.4) is 0 Å². The zero-order chi connectivity index (χ0) is 14.8. The molecule has 0 aliphatic carbocycles. The number of benzene rings is 1. The number of β-amino-alcohol motifs (C(OH)–C–C–N with tert-alkyl or cyclic N) is 1. The predicted molar refractivity (Wildman–Crippen MR) is 80.8 cm³/mol. The Bertz CT molecular complexity index is 571. The highest BCUT2D eigenvalue weighted by Gasteiger charge is 2.29. The summed E-state index contributed by atoms with van der Waals surface area (Å²) in [5.74, 6) is 0. The van der Waals surface area contributed by atoms with E-state index in [2.05, 4.69) is 15.9 Å². The predicted octanol–water partition coefficient (Wildman–Crippen LogP) is 0.330. The van der Waals surface area contributed by atoms with Gasteiger partial charge in [-0.25, -0.2) is 8.42 Å². The molecule has 0 radical (unpaired) electrons. The molecule has 0 bridgehead atoms. The van der Waals surface area contributed by atoms with Crippen LogP contribution in [0.5, 0.6) is 0 Å². The number of aliphatic hydroxyl groups excluding tert-OH is 1. The van der Waals surface area contributed by atoms with Crippen molar-refractivity contribution in [3.63, 3.8) is 0 Å². The number of piperazine rings is 1. The topological polar surface area (TPSA) is 86.9 Å². The number of nitrogen functional groups attached to an aromatic ring is 1. The Kier molecular flexibility index (Phi) is 5.03. The lowest BCUT2D eigenvalue weighted by Crippen LogP contribution is -2.49. The molecule has 112 valence electrons. The van der Waals surface area contributed by atoms with Crippen molar-refractivity contribution < 1.29 is 13.5 Å². The van der Waals surface area contributed by atoms with Gasteiger partial charge in [0.15, 0.2) is 0 Å². The summed E-state index contributed by atoms with van der Waals surface area (Å²) in [6.45, 7) is 2.72. The highest BCUT2D eigenvalue weighted by molar-refractivity contribution is 9.10. The maximum absolute atomic E-state index is 12.6. The molecule has 1 saturated heterocycles. The maximum atomic E-state index is 12.6. The molecule has 3 N–H and O–H groups in total. The zero-order valence-electron chi connectivity index (χ0n) is 11.0. The second-order valence-electron chi connectivity index (χ2n) is 4.65. The van der Waals surface area contributed by atoms with Gasteiger partial charge in [-0.2, -0.15) is 4.31 Å². The monoisotopic (exact) mass is 363 g/mol. The Balaban J connectivity index is 2.18. The smallest absolute Gasteiger partial charge is 0.245 e. The van der Waals surface area contributed by atoms with Crippen molar-refractivity contribution in [1.82, 2.24) is 9.21 Å². The van der Waals surface area contributed by atoms with E-state index in [0.29, 0.717) is 37.2 Å². The molecule has 0 atom stereocenters. The summed E-state index contributed by atoms with van der Waals surface area (Å²) < 4.78 is 27.3. The molecular weight excluding hydrogens is 346 g/mol. The molecule has 2 rings (SSSR count). The lowest BCUT2D eigenvalue weighted by molar-refractivity contribution is 0.151. The lowest BCUT2D eigenvalue weighted by Gasteiger charge is -2.33. The van der Waals surface area contributed by atoms with Gasteiger partial charge >= 0.3 is 0 Å². The van der Waals surface area contributed by atoms with Crippen LogP contribution in [0.25, 0.3) is 0 Å². The van der Waals surface area contributed by atoms with E-state index in [-0.39, 0.29) is 17.2 Å². The Hall–Kier alpha value is -0.670. The van der Waals surface area contributed by atoms with Crippen molar-refractivity contribution >= 4 is 31.6 Å². The summed E-state index contributed by atoms with van der Waals surface area (Å²) in [5.41, 5.74) is 6.04. The fourth-order valence-corrected chi connectivity index (χ4v) is 4.28. The average molecular weight is 364 g/mol. The standard InChI is InChI=1S/C12H18BrN3O3S/c13-10-1-2-11(14)12(9-10)20(18,19)16-5-3-15(4-6-16)7-8-17/h1-2,9,17H,3-8,14H2. The third kappa shape index (κ3) is 3.32. The van der Waals surface area contributed by atoms with Gasteiger partial charge in [0, 0.05) is 37.2 Å². The van der Waals surface area contributed by atoms with Crippen LogP contribution in [0.15, 0.2) is 27.6 Å². The summed E-state index contributed by atoms with van der Waals surface area (Å²) in [7, 11) is -3.56. The molecule has 1 heterocycles. The van der Waals surface area contributed by atoms with Crippen LogP contribution in [0.4, 0.5) is 5.69 Å². The van der Waals surface area contributed by atoms with Crippen molar-refractivity contribution in [3.8, 4) is 0 Å². The second-order valence-corrected chi connectivity index (χ2v) is 7.47. The molecule has 0 spiro atoms.